The van der Waals surface area contributed by atoms with Gasteiger partial charge in [0, 0.05) is 26.2 Å². The first-order valence-corrected chi connectivity index (χ1v) is 9.87. The molecule has 2 N–H and O–H groups in total. The molecule has 142 valence electrons. The van der Waals surface area contributed by atoms with Gasteiger partial charge in [0.15, 0.2) is 0 Å². The number of hydrogen-bond acceptors (Lipinski definition) is 6. The molecule has 2 aliphatic rings. The molecule has 24 heavy (non-hydrogen) atoms. The predicted octanol–water partition coefficient (Wildman–Crippen LogP) is 1.24. The Morgan fingerprint density at radius 2 is 1.04 bits per heavy atom. The minimum atomic E-state index is 0.813. The molecule has 0 aromatic carbocycles. The largest absolute Gasteiger partial charge is 0.293 e. The minimum Gasteiger partial charge on any atom is -0.293 e. The molecule has 0 spiro atoms. The van der Waals surface area contributed by atoms with E-state index in [1.54, 1.807) is 0 Å². The van der Waals surface area contributed by atoms with Gasteiger partial charge in [-0.25, -0.2) is 20.9 Å². The van der Waals surface area contributed by atoms with Crippen molar-refractivity contribution in [2.24, 2.45) is 11.8 Å². The van der Waals surface area contributed by atoms with E-state index in [0.29, 0.717) is 0 Å². The molecule has 0 bridgehead atoms. The van der Waals surface area contributed by atoms with E-state index in [4.69, 9.17) is 0 Å². The van der Waals surface area contributed by atoms with E-state index < -0.39 is 0 Å². The van der Waals surface area contributed by atoms with Gasteiger partial charge in [-0.05, 0) is 64.7 Å². The molecule has 6 heteroatoms. The van der Waals surface area contributed by atoms with Crippen LogP contribution in [0.4, 0.5) is 0 Å². The zero-order chi connectivity index (χ0) is 17.4. The second-order valence-corrected chi connectivity index (χ2v) is 8.13. The fourth-order valence-corrected chi connectivity index (χ4v) is 3.30. The lowest BCUT2D eigenvalue weighted by molar-refractivity contribution is 0.0925. The highest BCUT2D eigenvalue weighted by atomic mass is 15.6. The fraction of sp³-hybridized carbons (Fsp3) is 1.00. The molecule has 2 unspecified atom stereocenters. The first-order chi connectivity index (χ1) is 11.5. The maximum absolute atomic E-state index is 3.62. The Kier molecular flexibility index (Phi) is 8.94. The van der Waals surface area contributed by atoms with Gasteiger partial charge in [0.2, 0.25) is 0 Å². The van der Waals surface area contributed by atoms with E-state index in [9.17, 15) is 0 Å². The van der Waals surface area contributed by atoms with E-state index >= 15 is 0 Å². The number of nitrogens with one attached hydrogen (secondary N) is 2. The van der Waals surface area contributed by atoms with Gasteiger partial charge in [0.05, 0.1) is 13.3 Å². The van der Waals surface area contributed by atoms with Gasteiger partial charge in [0.1, 0.15) is 0 Å². The molecule has 0 radical (unpaired) electrons. The van der Waals surface area contributed by atoms with Gasteiger partial charge in [-0.3, -0.25) is 9.80 Å². The van der Waals surface area contributed by atoms with Gasteiger partial charge >= 0.3 is 0 Å². The normalized spacial score (nSPS) is 31.5. The monoisotopic (exact) mass is 340 g/mol. The van der Waals surface area contributed by atoms with Gasteiger partial charge in [-0.2, -0.15) is 0 Å². The average molecular weight is 341 g/mol. The highest BCUT2D eigenvalue weighted by Gasteiger charge is 2.16. The topological polar surface area (TPSA) is 37.0 Å². The Labute approximate surface area is 149 Å². The summed E-state index contributed by atoms with van der Waals surface area (Å²) < 4.78 is 0. The SMILES string of the molecule is CC1CCN(C)CNN(CCN2CCC(C)CCN(C)CN2)CC1. The summed E-state index contributed by atoms with van der Waals surface area (Å²) in [5.41, 5.74) is 7.25. The number of hydrogen-bond donors (Lipinski definition) is 2. The predicted molar refractivity (Wildman–Crippen MR) is 101 cm³/mol. The van der Waals surface area contributed by atoms with Crippen LogP contribution in [0.15, 0.2) is 0 Å². The molecule has 0 amide bonds. The molecular formula is C18H40N6. The zero-order valence-electron chi connectivity index (χ0n) is 16.4. The summed E-state index contributed by atoms with van der Waals surface area (Å²) in [6.07, 6.45) is 5.19. The van der Waals surface area contributed by atoms with Crippen LogP contribution in [-0.4, -0.2) is 86.5 Å². The summed E-state index contributed by atoms with van der Waals surface area (Å²) in [4.78, 5) is 4.79. The smallest absolute Gasteiger partial charge is 0.0614 e. The highest BCUT2D eigenvalue weighted by molar-refractivity contribution is 4.67. The lowest BCUT2D eigenvalue weighted by Gasteiger charge is -2.30. The third kappa shape index (κ3) is 7.76. The number of nitrogens with zero attached hydrogens (tertiary/aromatic N) is 4. The summed E-state index contributed by atoms with van der Waals surface area (Å²) in [6, 6.07) is 0. The van der Waals surface area contributed by atoms with Crippen molar-refractivity contribution in [1.82, 2.24) is 30.7 Å². The van der Waals surface area contributed by atoms with Crippen LogP contribution in [0.1, 0.15) is 39.5 Å². The van der Waals surface area contributed by atoms with Crippen LogP contribution < -0.4 is 10.9 Å². The summed E-state index contributed by atoms with van der Waals surface area (Å²) in [7, 11) is 4.42. The second-order valence-electron chi connectivity index (χ2n) is 8.13. The molecule has 2 aliphatic heterocycles. The first-order valence-electron chi connectivity index (χ1n) is 9.87. The Hall–Kier alpha value is -0.240. The Bertz CT molecular complexity index is 279. The van der Waals surface area contributed by atoms with Crippen molar-refractivity contribution in [2.45, 2.75) is 39.5 Å². The molecule has 2 heterocycles. The minimum absolute atomic E-state index is 0.813. The van der Waals surface area contributed by atoms with Gasteiger partial charge < -0.3 is 0 Å². The molecule has 0 saturated carbocycles. The van der Waals surface area contributed by atoms with Gasteiger partial charge in [0.25, 0.3) is 0 Å². The van der Waals surface area contributed by atoms with Crippen molar-refractivity contribution in [1.29, 1.82) is 0 Å². The molecule has 2 fully saturated rings. The molecule has 2 atom stereocenters. The van der Waals surface area contributed by atoms with E-state index in [-0.39, 0.29) is 0 Å². The fourth-order valence-electron chi connectivity index (χ4n) is 3.30. The van der Waals surface area contributed by atoms with Crippen LogP contribution in [0, 0.1) is 11.8 Å². The van der Waals surface area contributed by atoms with Crippen molar-refractivity contribution in [3.63, 3.8) is 0 Å². The highest BCUT2D eigenvalue weighted by Crippen LogP contribution is 2.12. The Morgan fingerprint density at radius 1 is 0.667 bits per heavy atom. The molecule has 0 aromatic rings. The van der Waals surface area contributed by atoms with Gasteiger partial charge in [-0.1, -0.05) is 13.8 Å². The molecule has 2 rings (SSSR count). The zero-order valence-corrected chi connectivity index (χ0v) is 16.4. The van der Waals surface area contributed by atoms with Crippen molar-refractivity contribution < 1.29 is 0 Å². The summed E-state index contributed by atoms with van der Waals surface area (Å²) in [5, 5.41) is 4.86. The summed E-state index contributed by atoms with van der Waals surface area (Å²) in [6.45, 7) is 13.5. The number of rotatable bonds is 3. The average Bonchev–Trinajstić information content (AvgIpc) is 2.69. The molecule has 6 nitrogen and oxygen atoms in total. The number of hydrazine groups is 2. The third-order valence-corrected chi connectivity index (χ3v) is 5.56. The Balaban J connectivity index is 1.79. The van der Waals surface area contributed by atoms with Crippen LogP contribution in [-0.2, 0) is 0 Å². The summed E-state index contributed by atoms with van der Waals surface area (Å²) >= 11 is 0. The van der Waals surface area contributed by atoms with Crippen molar-refractivity contribution in [2.75, 3.05) is 66.7 Å². The third-order valence-electron chi connectivity index (χ3n) is 5.56. The maximum atomic E-state index is 3.62. The van der Waals surface area contributed by atoms with Crippen LogP contribution in [0.3, 0.4) is 0 Å². The van der Waals surface area contributed by atoms with Gasteiger partial charge in [-0.15, -0.1) is 0 Å². The molecule has 2 saturated heterocycles. The lowest BCUT2D eigenvalue weighted by Crippen LogP contribution is -2.50. The molecular weight excluding hydrogens is 300 g/mol. The van der Waals surface area contributed by atoms with E-state index in [1.807, 2.05) is 0 Å². The maximum Gasteiger partial charge on any atom is 0.0614 e. The van der Waals surface area contributed by atoms with E-state index in [2.05, 4.69) is 58.6 Å². The van der Waals surface area contributed by atoms with Crippen LogP contribution in [0.2, 0.25) is 0 Å². The van der Waals surface area contributed by atoms with E-state index in [1.165, 1.54) is 38.8 Å². The van der Waals surface area contributed by atoms with Crippen molar-refractivity contribution in [3.8, 4) is 0 Å². The standard InChI is InChI=1S/C18H40N6/c1-17-5-9-21(3)15-19-23(11-7-17)13-14-24-12-8-18(2)6-10-22(4)16-20-24/h17-20H,5-16H2,1-4H3. The van der Waals surface area contributed by atoms with Crippen LogP contribution in [0.25, 0.3) is 0 Å². The lowest BCUT2D eigenvalue weighted by atomic mass is 10.0. The van der Waals surface area contributed by atoms with Crippen LogP contribution in [0.5, 0.6) is 0 Å². The Morgan fingerprint density at radius 3 is 1.46 bits per heavy atom. The van der Waals surface area contributed by atoms with E-state index in [0.717, 1.165) is 51.4 Å². The van der Waals surface area contributed by atoms with Crippen molar-refractivity contribution in [3.05, 3.63) is 0 Å². The first kappa shape index (κ1) is 20.1. The summed E-state index contributed by atoms with van der Waals surface area (Å²) in [5.74, 6) is 1.63. The molecule has 0 aliphatic carbocycles. The molecule has 0 aromatic heterocycles. The second kappa shape index (κ2) is 10.7. The van der Waals surface area contributed by atoms with Crippen molar-refractivity contribution >= 4 is 0 Å². The quantitative estimate of drug-likeness (QED) is 0.805. The van der Waals surface area contributed by atoms with Crippen LogP contribution >= 0.6 is 0 Å².